The maximum atomic E-state index is 12.4. The van der Waals surface area contributed by atoms with Crippen molar-refractivity contribution in [3.05, 3.63) is 28.3 Å². The van der Waals surface area contributed by atoms with E-state index in [2.05, 4.69) is 5.43 Å². The molecule has 1 aromatic rings. The summed E-state index contributed by atoms with van der Waals surface area (Å²) in [5.74, 6) is 5.18. The van der Waals surface area contributed by atoms with Crippen LogP contribution in [-0.4, -0.2) is 30.7 Å². The van der Waals surface area contributed by atoms with Crippen LogP contribution in [-0.2, 0) is 10.0 Å². The van der Waals surface area contributed by atoms with Gasteiger partial charge in [0.25, 0.3) is 5.69 Å². The van der Waals surface area contributed by atoms with E-state index in [9.17, 15) is 18.5 Å². The molecule has 0 unspecified atom stereocenters. The van der Waals surface area contributed by atoms with Gasteiger partial charge in [-0.15, -0.1) is 0 Å². The maximum absolute atomic E-state index is 12.4. The standard InChI is InChI=1S/C11H16N4O4S/c12-13-10-5-4-9(8-11(10)15(16)17)20(18,19)14-6-2-1-3-7-14/h4-5,8,13H,1-3,6-7,12H2. The molecule has 8 nitrogen and oxygen atoms in total. The monoisotopic (exact) mass is 300 g/mol. The van der Waals surface area contributed by atoms with Crippen molar-refractivity contribution in [3.8, 4) is 0 Å². The van der Waals surface area contributed by atoms with Crippen LogP contribution in [0.4, 0.5) is 11.4 Å². The Hall–Kier alpha value is -1.71. The van der Waals surface area contributed by atoms with Gasteiger partial charge in [0.15, 0.2) is 0 Å². The summed E-state index contributed by atoms with van der Waals surface area (Å²) < 4.78 is 26.2. The van der Waals surface area contributed by atoms with Gasteiger partial charge in [-0.1, -0.05) is 6.42 Å². The molecule has 2 rings (SSSR count). The summed E-state index contributed by atoms with van der Waals surface area (Å²) in [6.07, 6.45) is 2.62. The lowest BCUT2D eigenvalue weighted by Gasteiger charge is -2.25. The highest BCUT2D eigenvalue weighted by atomic mass is 32.2. The fraction of sp³-hybridized carbons (Fsp3) is 0.455. The fourth-order valence-corrected chi connectivity index (χ4v) is 3.74. The Bertz CT molecular complexity index is 611. The second kappa shape index (κ2) is 5.73. The van der Waals surface area contributed by atoms with Crippen LogP contribution in [0.1, 0.15) is 19.3 Å². The number of hydrogen-bond acceptors (Lipinski definition) is 6. The van der Waals surface area contributed by atoms with Crippen molar-refractivity contribution in [2.45, 2.75) is 24.2 Å². The lowest BCUT2D eigenvalue weighted by atomic mass is 10.2. The molecule has 20 heavy (non-hydrogen) atoms. The van der Waals surface area contributed by atoms with E-state index in [4.69, 9.17) is 5.84 Å². The molecule has 3 N–H and O–H groups in total. The number of nitro groups is 1. The zero-order valence-electron chi connectivity index (χ0n) is 10.8. The Morgan fingerprint density at radius 2 is 1.90 bits per heavy atom. The van der Waals surface area contributed by atoms with Crippen molar-refractivity contribution in [1.82, 2.24) is 4.31 Å². The SMILES string of the molecule is NNc1ccc(S(=O)(=O)N2CCCCC2)cc1[N+](=O)[O-]. The van der Waals surface area contributed by atoms with Gasteiger partial charge in [0.1, 0.15) is 5.69 Å². The number of nitrogens with zero attached hydrogens (tertiary/aromatic N) is 2. The van der Waals surface area contributed by atoms with Crippen LogP contribution < -0.4 is 11.3 Å². The van der Waals surface area contributed by atoms with E-state index in [0.717, 1.165) is 25.3 Å². The summed E-state index contributed by atoms with van der Waals surface area (Å²) in [4.78, 5) is 10.2. The minimum absolute atomic E-state index is 0.0765. The molecule has 0 radical (unpaired) electrons. The molecule has 1 aliphatic heterocycles. The molecule has 0 saturated carbocycles. The van der Waals surface area contributed by atoms with Crippen LogP contribution in [0.5, 0.6) is 0 Å². The smallest absolute Gasteiger partial charge is 0.294 e. The minimum atomic E-state index is -3.68. The van der Waals surface area contributed by atoms with E-state index >= 15 is 0 Å². The quantitative estimate of drug-likeness (QED) is 0.487. The molecular weight excluding hydrogens is 284 g/mol. The van der Waals surface area contributed by atoms with E-state index in [-0.39, 0.29) is 16.3 Å². The second-order valence-electron chi connectivity index (χ2n) is 4.55. The summed E-state index contributed by atoms with van der Waals surface area (Å²) in [5, 5.41) is 10.9. The summed E-state index contributed by atoms with van der Waals surface area (Å²) in [6.45, 7) is 0.903. The highest BCUT2D eigenvalue weighted by Gasteiger charge is 2.28. The zero-order valence-corrected chi connectivity index (χ0v) is 11.6. The molecule has 0 aromatic heterocycles. The van der Waals surface area contributed by atoms with Gasteiger partial charge in [-0.05, 0) is 25.0 Å². The first-order valence-corrected chi connectivity index (χ1v) is 7.66. The lowest BCUT2D eigenvalue weighted by molar-refractivity contribution is -0.384. The summed E-state index contributed by atoms with van der Waals surface area (Å²) in [5.41, 5.74) is 1.91. The Morgan fingerprint density at radius 1 is 1.25 bits per heavy atom. The van der Waals surface area contributed by atoms with Gasteiger partial charge in [0.2, 0.25) is 10.0 Å². The predicted molar refractivity (Wildman–Crippen MR) is 73.5 cm³/mol. The molecule has 1 saturated heterocycles. The summed E-state index contributed by atoms with van der Waals surface area (Å²) in [7, 11) is -3.68. The van der Waals surface area contributed by atoms with E-state index in [1.807, 2.05) is 0 Å². The van der Waals surface area contributed by atoms with Gasteiger partial charge in [-0.25, -0.2) is 8.42 Å². The summed E-state index contributed by atoms with van der Waals surface area (Å²) >= 11 is 0. The molecule has 0 bridgehead atoms. The van der Waals surface area contributed by atoms with E-state index in [0.29, 0.717) is 13.1 Å². The van der Waals surface area contributed by atoms with Gasteiger partial charge in [0, 0.05) is 19.2 Å². The van der Waals surface area contributed by atoms with Crippen molar-refractivity contribution in [3.63, 3.8) is 0 Å². The lowest BCUT2D eigenvalue weighted by Crippen LogP contribution is -2.35. The topological polar surface area (TPSA) is 119 Å². The number of nitrogen functional groups attached to an aromatic ring is 1. The average Bonchev–Trinajstić information content (AvgIpc) is 2.47. The third-order valence-corrected chi connectivity index (χ3v) is 5.17. The second-order valence-corrected chi connectivity index (χ2v) is 6.48. The van der Waals surface area contributed by atoms with Crippen molar-refractivity contribution >= 4 is 21.4 Å². The van der Waals surface area contributed by atoms with Crippen molar-refractivity contribution in [2.75, 3.05) is 18.5 Å². The Morgan fingerprint density at radius 3 is 2.45 bits per heavy atom. The first kappa shape index (κ1) is 14.7. The molecule has 1 aliphatic rings. The average molecular weight is 300 g/mol. The largest absolute Gasteiger partial charge is 0.318 e. The Kier molecular flexibility index (Phi) is 4.21. The molecule has 0 aliphatic carbocycles. The molecule has 1 heterocycles. The normalized spacial score (nSPS) is 16.9. The number of benzene rings is 1. The first-order chi connectivity index (χ1) is 9.46. The molecule has 9 heteroatoms. The number of hydrazine groups is 1. The zero-order chi connectivity index (χ0) is 14.8. The fourth-order valence-electron chi connectivity index (χ4n) is 2.20. The molecule has 1 fully saturated rings. The van der Waals surface area contributed by atoms with Crippen molar-refractivity contribution in [1.29, 1.82) is 0 Å². The van der Waals surface area contributed by atoms with E-state index < -0.39 is 14.9 Å². The number of piperidine rings is 1. The van der Waals surface area contributed by atoms with Crippen LogP contribution in [0, 0.1) is 10.1 Å². The number of hydrogen-bond donors (Lipinski definition) is 2. The Balaban J connectivity index is 2.41. The van der Waals surface area contributed by atoms with Gasteiger partial charge < -0.3 is 5.43 Å². The van der Waals surface area contributed by atoms with Crippen LogP contribution in [0.2, 0.25) is 0 Å². The molecule has 1 aromatic carbocycles. The third-order valence-electron chi connectivity index (χ3n) is 3.27. The number of nitro benzene ring substituents is 1. The van der Waals surface area contributed by atoms with Crippen LogP contribution in [0.25, 0.3) is 0 Å². The minimum Gasteiger partial charge on any atom is -0.318 e. The van der Waals surface area contributed by atoms with Crippen LogP contribution in [0.3, 0.4) is 0 Å². The molecule has 0 amide bonds. The number of rotatable bonds is 4. The third kappa shape index (κ3) is 2.74. The maximum Gasteiger partial charge on any atom is 0.294 e. The predicted octanol–water partition coefficient (Wildman–Crippen LogP) is 1.05. The van der Waals surface area contributed by atoms with Crippen molar-refractivity contribution in [2.24, 2.45) is 5.84 Å². The number of anilines is 1. The van der Waals surface area contributed by atoms with Crippen LogP contribution in [0.15, 0.2) is 23.1 Å². The van der Waals surface area contributed by atoms with Crippen molar-refractivity contribution < 1.29 is 13.3 Å². The number of nitrogens with two attached hydrogens (primary N) is 1. The Labute approximate surface area is 116 Å². The van der Waals surface area contributed by atoms with Crippen LogP contribution >= 0.6 is 0 Å². The van der Waals surface area contributed by atoms with Gasteiger partial charge in [-0.2, -0.15) is 4.31 Å². The highest BCUT2D eigenvalue weighted by Crippen LogP contribution is 2.29. The van der Waals surface area contributed by atoms with Gasteiger partial charge in [-0.3, -0.25) is 16.0 Å². The molecular formula is C11H16N4O4S. The van der Waals surface area contributed by atoms with E-state index in [1.165, 1.54) is 16.4 Å². The first-order valence-electron chi connectivity index (χ1n) is 6.22. The number of sulfonamides is 1. The number of nitrogens with one attached hydrogen (secondary N) is 1. The van der Waals surface area contributed by atoms with E-state index in [1.54, 1.807) is 0 Å². The molecule has 110 valence electrons. The highest BCUT2D eigenvalue weighted by molar-refractivity contribution is 7.89. The van der Waals surface area contributed by atoms with Gasteiger partial charge >= 0.3 is 0 Å². The summed E-state index contributed by atoms with van der Waals surface area (Å²) in [6, 6.07) is 3.67. The van der Waals surface area contributed by atoms with Gasteiger partial charge in [0.05, 0.1) is 9.82 Å². The molecule has 0 atom stereocenters. The molecule has 0 spiro atoms.